The van der Waals surface area contributed by atoms with Crippen LogP contribution in [0.15, 0.2) is 84.9 Å². The van der Waals surface area contributed by atoms with Crippen LogP contribution < -0.4 is 10.6 Å². The van der Waals surface area contributed by atoms with Crippen molar-refractivity contribution in [1.29, 1.82) is 0 Å². The van der Waals surface area contributed by atoms with Gasteiger partial charge in [-0.25, -0.2) is 0 Å². The van der Waals surface area contributed by atoms with Crippen molar-refractivity contribution >= 4 is 18.5 Å². The number of rotatable bonds is 5. The fraction of sp³-hybridized carbons (Fsp3) is 0.100. The molecule has 1 radical (unpaired) electrons. The van der Waals surface area contributed by atoms with Crippen molar-refractivity contribution in [3.63, 3.8) is 0 Å². The van der Waals surface area contributed by atoms with Gasteiger partial charge in [-0.3, -0.25) is 0 Å². The van der Waals surface area contributed by atoms with Gasteiger partial charge in [0.05, 0.1) is 0 Å². The van der Waals surface area contributed by atoms with Crippen molar-refractivity contribution in [3.05, 3.63) is 96.6 Å². The molecule has 0 saturated carbocycles. The summed E-state index contributed by atoms with van der Waals surface area (Å²) in [5.41, 5.74) is 1.30. The van der Waals surface area contributed by atoms with Gasteiger partial charge in [0.2, 0.25) is 0 Å². The monoisotopic (exact) mass is 289 g/mol. The number of benzene rings is 3. The van der Waals surface area contributed by atoms with E-state index in [1.165, 1.54) is 22.3 Å². The van der Waals surface area contributed by atoms with Crippen LogP contribution in [0.1, 0.15) is 5.56 Å². The molecular formula is C20H18P. The van der Waals surface area contributed by atoms with Crippen LogP contribution >= 0.6 is 7.92 Å². The molecule has 3 aromatic carbocycles. The predicted molar refractivity (Wildman–Crippen MR) is 92.9 cm³/mol. The lowest BCUT2D eigenvalue weighted by molar-refractivity contribution is 1.15. The first kappa shape index (κ1) is 14.0. The second-order valence-electron chi connectivity index (χ2n) is 4.96. The molecule has 0 unspecified atom stereocenters. The molecule has 0 aliphatic carbocycles. The Labute approximate surface area is 128 Å². The molecule has 0 saturated heterocycles. The minimum atomic E-state index is -0.295. The van der Waals surface area contributed by atoms with Gasteiger partial charge < -0.3 is 0 Å². The highest BCUT2D eigenvalue weighted by Crippen LogP contribution is 2.34. The number of hydrogen-bond acceptors (Lipinski definition) is 0. The Bertz CT molecular complexity index is 608. The molecule has 21 heavy (non-hydrogen) atoms. The lowest BCUT2D eigenvalue weighted by Crippen LogP contribution is -2.14. The smallest absolute Gasteiger partial charge is 0.0149 e. The SMILES string of the molecule is [c]1ccccc1CCP(c1ccccc1)c1ccccc1. The summed E-state index contributed by atoms with van der Waals surface area (Å²) in [6, 6.07) is 33.4. The van der Waals surface area contributed by atoms with Crippen molar-refractivity contribution in [1.82, 2.24) is 0 Å². The quantitative estimate of drug-likeness (QED) is 0.619. The molecule has 0 fully saturated rings. The molecule has 3 aromatic rings. The van der Waals surface area contributed by atoms with Gasteiger partial charge in [-0.2, -0.15) is 0 Å². The van der Waals surface area contributed by atoms with Crippen LogP contribution in [0.25, 0.3) is 0 Å². The zero-order valence-corrected chi connectivity index (χ0v) is 12.8. The van der Waals surface area contributed by atoms with Crippen molar-refractivity contribution in [2.75, 3.05) is 6.16 Å². The van der Waals surface area contributed by atoms with Gasteiger partial charge in [0.15, 0.2) is 0 Å². The maximum absolute atomic E-state index is 3.34. The van der Waals surface area contributed by atoms with E-state index in [0.717, 1.165) is 6.42 Å². The fourth-order valence-corrected chi connectivity index (χ4v) is 4.78. The Hall–Kier alpha value is -1.91. The van der Waals surface area contributed by atoms with Crippen molar-refractivity contribution in [2.24, 2.45) is 0 Å². The highest BCUT2D eigenvalue weighted by Gasteiger charge is 2.13. The normalized spacial score (nSPS) is 10.7. The molecule has 0 nitrogen and oxygen atoms in total. The molecule has 0 N–H and O–H groups in total. The van der Waals surface area contributed by atoms with Crippen LogP contribution in [0.3, 0.4) is 0 Å². The van der Waals surface area contributed by atoms with Crippen LogP contribution in [0.5, 0.6) is 0 Å². The lowest BCUT2D eigenvalue weighted by atomic mass is 10.2. The highest BCUT2D eigenvalue weighted by molar-refractivity contribution is 7.73. The molecule has 3 rings (SSSR count). The fourth-order valence-electron chi connectivity index (χ4n) is 2.44. The lowest BCUT2D eigenvalue weighted by Gasteiger charge is -2.18. The maximum Gasteiger partial charge on any atom is -0.0149 e. The molecule has 0 bridgehead atoms. The van der Waals surface area contributed by atoms with Crippen LogP contribution in [0.2, 0.25) is 0 Å². The van der Waals surface area contributed by atoms with Crippen LogP contribution in [-0.4, -0.2) is 6.16 Å². The zero-order valence-electron chi connectivity index (χ0n) is 11.9. The average Bonchev–Trinajstić information content (AvgIpc) is 2.58. The maximum atomic E-state index is 3.34. The zero-order chi connectivity index (χ0) is 14.3. The van der Waals surface area contributed by atoms with Gasteiger partial charge in [-0.15, -0.1) is 0 Å². The number of hydrogen-bond donors (Lipinski definition) is 0. The molecule has 0 aromatic heterocycles. The first-order valence-corrected chi connectivity index (χ1v) is 8.79. The number of aryl methyl sites for hydroxylation is 1. The van der Waals surface area contributed by atoms with E-state index in [0.29, 0.717) is 0 Å². The van der Waals surface area contributed by atoms with Gasteiger partial charge in [-0.1, -0.05) is 84.9 Å². The third-order valence-corrected chi connectivity index (χ3v) is 6.03. The highest BCUT2D eigenvalue weighted by atomic mass is 31.1. The summed E-state index contributed by atoms with van der Waals surface area (Å²) in [7, 11) is -0.295. The Morgan fingerprint density at radius 1 is 0.667 bits per heavy atom. The van der Waals surface area contributed by atoms with E-state index in [-0.39, 0.29) is 7.92 Å². The van der Waals surface area contributed by atoms with Crippen molar-refractivity contribution in [3.8, 4) is 0 Å². The van der Waals surface area contributed by atoms with Gasteiger partial charge in [-0.05, 0) is 42.7 Å². The summed E-state index contributed by atoms with van der Waals surface area (Å²) in [6.45, 7) is 0. The first-order chi connectivity index (χ1) is 10.4. The molecule has 103 valence electrons. The summed E-state index contributed by atoms with van der Waals surface area (Å²) in [6.07, 6.45) is 2.25. The van der Waals surface area contributed by atoms with E-state index in [4.69, 9.17) is 0 Å². The molecule has 0 amide bonds. The Morgan fingerprint density at radius 3 is 1.76 bits per heavy atom. The summed E-state index contributed by atoms with van der Waals surface area (Å²) in [5.74, 6) is 0. The van der Waals surface area contributed by atoms with Gasteiger partial charge in [0.1, 0.15) is 0 Å². The first-order valence-electron chi connectivity index (χ1n) is 7.27. The van der Waals surface area contributed by atoms with Gasteiger partial charge in [0, 0.05) is 0 Å². The summed E-state index contributed by atoms with van der Waals surface area (Å²) >= 11 is 0. The largest absolute Gasteiger partial charge is 0.0622 e. The van der Waals surface area contributed by atoms with Crippen LogP contribution in [-0.2, 0) is 6.42 Å². The standard InChI is InChI=1S/C20H18P/c1-4-10-18(11-5-1)16-17-21(19-12-6-2-7-13-19)20-14-8-3-9-15-20/h1-10,12-15H,16-17H2. The molecule has 0 aliphatic heterocycles. The molecular weight excluding hydrogens is 271 g/mol. The molecule has 0 heterocycles. The van der Waals surface area contributed by atoms with Crippen molar-refractivity contribution in [2.45, 2.75) is 6.42 Å². The summed E-state index contributed by atoms with van der Waals surface area (Å²) < 4.78 is 0. The van der Waals surface area contributed by atoms with Crippen molar-refractivity contribution < 1.29 is 0 Å². The third-order valence-electron chi connectivity index (χ3n) is 3.51. The predicted octanol–water partition coefficient (Wildman–Crippen LogP) is 4.16. The molecule has 0 atom stereocenters. The van der Waals surface area contributed by atoms with E-state index in [9.17, 15) is 0 Å². The summed E-state index contributed by atoms with van der Waals surface area (Å²) in [5, 5.41) is 2.91. The minimum Gasteiger partial charge on any atom is -0.0622 e. The van der Waals surface area contributed by atoms with E-state index in [1.54, 1.807) is 0 Å². The van der Waals surface area contributed by atoms with E-state index in [2.05, 4.69) is 78.9 Å². The molecule has 1 heteroatoms. The van der Waals surface area contributed by atoms with Crippen LogP contribution in [0.4, 0.5) is 0 Å². The topological polar surface area (TPSA) is 0 Å². The third kappa shape index (κ3) is 3.80. The van der Waals surface area contributed by atoms with E-state index >= 15 is 0 Å². The Morgan fingerprint density at radius 2 is 1.24 bits per heavy atom. The van der Waals surface area contributed by atoms with Gasteiger partial charge in [0.25, 0.3) is 0 Å². The molecule has 0 spiro atoms. The van der Waals surface area contributed by atoms with E-state index in [1.807, 2.05) is 12.1 Å². The van der Waals surface area contributed by atoms with Crippen LogP contribution in [0, 0.1) is 6.07 Å². The second kappa shape index (κ2) is 7.20. The molecule has 0 aliphatic rings. The second-order valence-corrected chi connectivity index (χ2v) is 7.30. The average molecular weight is 289 g/mol. The minimum absolute atomic E-state index is 0.295. The Kier molecular flexibility index (Phi) is 4.82. The Balaban J connectivity index is 1.83. The van der Waals surface area contributed by atoms with E-state index < -0.39 is 0 Å². The summed E-state index contributed by atoms with van der Waals surface area (Å²) in [4.78, 5) is 0. The van der Waals surface area contributed by atoms with Gasteiger partial charge >= 0.3 is 0 Å².